The predicted octanol–water partition coefficient (Wildman–Crippen LogP) is -0.798. The van der Waals surface area contributed by atoms with Crippen LogP contribution in [0.25, 0.3) is 0 Å². The molecule has 0 radical (unpaired) electrons. The fraction of sp³-hybridized carbons (Fsp3) is 0.789. The Morgan fingerprint density at radius 2 is 1.00 bits per heavy atom. The van der Waals surface area contributed by atoms with Crippen molar-refractivity contribution in [3.05, 3.63) is 0 Å². The Bertz CT molecular complexity index is 591. The topological polar surface area (TPSA) is 171 Å². The fourth-order valence-corrected chi connectivity index (χ4v) is 2.50. The van der Waals surface area contributed by atoms with E-state index in [4.69, 9.17) is 10.8 Å². The molecule has 5 atom stereocenters. The lowest BCUT2D eigenvalue weighted by molar-refractivity contribution is -0.145. The summed E-state index contributed by atoms with van der Waals surface area (Å²) in [5, 5.41) is 26.1. The highest BCUT2D eigenvalue weighted by molar-refractivity contribution is 5.94. The molecule has 0 saturated heterocycles. The Morgan fingerprint density at radius 3 is 1.28 bits per heavy atom. The number of aliphatic hydroxyl groups is 1. The first-order chi connectivity index (χ1) is 13.2. The second-order valence-electron chi connectivity index (χ2n) is 8.30. The highest BCUT2D eigenvalue weighted by atomic mass is 16.4. The molecule has 0 aromatic heterocycles. The van der Waals surface area contributed by atoms with Crippen LogP contribution >= 0.6 is 0 Å². The second-order valence-corrected chi connectivity index (χ2v) is 8.30. The Labute approximate surface area is 172 Å². The zero-order valence-corrected chi connectivity index (χ0v) is 18.2. The van der Waals surface area contributed by atoms with Crippen molar-refractivity contribution in [1.82, 2.24) is 16.0 Å². The zero-order valence-electron chi connectivity index (χ0n) is 18.2. The minimum atomic E-state index is -1.51. The van der Waals surface area contributed by atoms with E-state index in [2.05, 4.69) is 16.0 Å². The highest BCUT2D eigenvalue weighted by Crippen LogP contribution is 2.09. The van der Waals surface area contributed by atoms with Gasteiger partial charge in [0.05, 0.1) is 12.1 Å². The van der Waals surface area contributed by atoms with Crippen LogP contribution < -0.4 is 21.7 Å². The summed E-state index contributed by atoms with van der Waals surface area (Å²) in [5.41, 5.74) is 5.83. The van der Waals surface area contributed by atoms with E-state index in [1.807, 2.05) is 0 Å². The van der Waals surface area contributed by atoms with Gasteiger partial charge in [-0.25, -0.2) is 4.79 Å². The van der Waals surface area contributed by atoms with E-state index in [1.54, 1.807) is 41.5 Å². The third-order valence-corrected chi connectivity index (χ3v) is 4.56. The molecule has 0 aromatic carbocycles. The van der Waals surface area contributed by atoms with E-state index in [9.17, 15) is 24.3 Å². The number of hydrogen-bond acceptors (Lipinski definition) is 6. The molecule has 10 heteroatoms. The van der Waals surface area contributed by atoms with Crippen molar-refractivity contribution >= 4 is 23.7 Å². The summed E-state index contributed by atoms with van der Waals surface area (Å²) in [6, 6.07) is -4.27. The van der Waals surface area contributed by atoms with E-state index in [-0.39, 0.29) is 17.8 Å². The van der Waals surface area contributed by atoms with Gasteiger partial charge in [0, 0.05) is 0 Å². The Hall–Kier alpha value is -2.20. The minimum absolute atomic E-state index is 0.117. The van der Waals surface area contributed by atoms with Gasteiger partial charge < -0.3 is 31.9 Å². The van der Waals surface area contributed by atoms with E-state index in [0.29, 0.717) is 0 Å². The molecule has 0 spiro atoms. The number of amides is 3. The van der Waals surface area contributed by atoms with E-state index in [0.717, 1.165) is 0 Å². The lowest BCUT2D eigenvalue weighted by Gasteiger charge is -2.29. The van der Waals surface area contributed by atoms with Gasteiger partial charge in [-0.15, -0.1) is 0 Å². The molecule has 5 unspecified atom stereocenters. The van der Waals surface area contributed by atoms with E-state index in [1.165, 1.54) is 6.92 Å². The van der Waals surface area contributed by atoms with Crippen molar-refractivity contribution in [2.24, 2.45) is 23.5 Å². The van der Waals surface area contributed by atoms with Crippen molar-refractivity contribution in [2.75, 3.05) is 0 Å². The molecule has 0 aliphatic carbocycles. The highest BCUT2D eigenvalue weighted by Gasteiger charge is 2.34. The van der Waals surface area contributed by atoms with Crippen LogP contribution in [0.2, 0.25) is 0 Å². The first-order valence-corrected chi connectivity index (χ1v) is 9.78. The van der Waals surface area contributed by atoms with Crippen molar-refractivity contribution < 1.29 is 29.4 Å². The van der Waals surface area contributed by atoms with Gasteiger partial charge >= 0.3 is 5.97 Å². The third-order valence-electron chi connectivity index (χ3n) is 4.56. The molecule has 7 N–H and O–H groups in total. The van der Waals surface area contributed by atoms with Crippen molar-refractivity contribution in [3.63, 3.8) is 0 Å². The molecule has 0 saturated carbocycles. The molecule has 0 aliphatic rings. The van der Waals surface area contributed by atoms with Gasteiger partial charge in [-0.05, 0) is 24.7 Å². The maximum Gasteiger partial charge on any atom is 0.328 e. The van der Waals surface area contributed by atoms with Crippen LogP contribution in [0.15, 0.2) is 0 Å². The summed E-state index contributed by atoms with van der Waals surface area (Å²) in [6.45, 7) is 11.7. The Balaban J connectivity index is 5.37. The monoisotopic (exact) mass is 416 g/mol. The molecular formula is C19H36N4O6. The SMILES string of the molecule is CC(C)C(N)C(=O)NC(C(=O)NC(C(=O)NC(C(=O)O)C(C)O)C(C)C)C(C)C. The van der Waals surface area contributed by atoms with Crippen LogP contribution in [0, 0.1) is 17.8 Å². The van der Waals surface area contributed by atoms with E-state index < -0.39 is 54.0 Å². The lowest BCUT2D eigenvalue weighted by atomic mass is 9.98. The number of nitrogens with one attached hydrogen (secondary N) is 3. The number of aliphatic carboxylic acids is 1. The van der Waals surface area contributed by atoms with Crippen molar-refractivity contribution in [2.45, 2.75) is 78.7 Å². The molecule has 0 fully saturated rings. The zero-order chi connectivity index (χ0) is 23.0. The molecule has 10 nitrogen and oxygen atoms in total. The van der Waals surface area contributed by atoms with Crippen LogP contribution in [0.1, 0.15) is 48.5 Å². The van der Waals surface area contributed by atoms with Gasteiger partial charge in [0.25, 0.3) is 0 Å². The maximum atomic E-state index is 12.8. The van der Waals surface area contributed by atoms with Gasteiger partial charge in [-0.3, -0.25) is 14.4 Å². The molecule has 0 aromatic rings. The maximum absolute atomic E-state index is 12.8. The average Bonchev–Trinajstić information content (AvgIpc) is 2.59. The second kappa shape index (κ2) is 11.7. The summed E-state index contributed by atoms with van der Waals surface area (Å²) < 4.78 is 0. The molecular weight excluding hydrogens is 380 g/mol. The van der Waals surface area contributed by atoms with Crippen LogP contribution in [0.5, 0.6) is 0 Å². The van der Waals surface area contributed by atoms with Gasteiger partial charge in [0.1, 0.15) is 12.1 Å². The third kappa shape index (κ3) is 8.36. The number of rotatable bonds is 11. The number of hydrogen-bond donors (Lipinski definition) is 6. The fourth-order valence-electron chi connectivity index (χ4n) is 2.50. The molecule has 168 valence electrons. The minimum Gasteiger partial charge on any atom is -0.480 e. The molecule has 0 heterocycles. The van der Waals surface area contributed by atoms with Gasteiger partial charge in [-0.2, -0.15) is 0 Å². The van der Waals surface area contributed by atoms with Crippen LogP contribution in [-0.4, -0.2) is 64.2 Å². The van der Waals surface area contributed by atoms with Crippen LogP contribution in [0.4, 0.5) is 0 Å². The van der Waals surface area contributed by atoms with Gasteiger partial charge in [-0.1, -0.05) is 41.5 Å². The smallest absolute Gasteiger partial charge is 0.328 e. The largest absolute Gasteiger partial charge is 0.480 e. The standard InChI is InChI=1S/C19H36N4O6/c1-8(2)12(20)16(25)21-13(9(3)4)17(26)22-14(10(5)6)18(27)23-15(11(7)24)19(28)29/h8-15,24H,20H2,1-7H3,(H,21,25)(H,22,26)(H,23,27)(H,28,29). The first-order valence-electron chi connectivity index (χ1n) is 9.78. The Morgan fingerprint density at radius 1 is 0.655 bits per heavy atom. The molecule has 0 bridgehead atoms. The number of carboxylic acid groups (broad SMARTS) is 1. The molecule has 29 heavy (non-hydrogen) atoms. The number of carboxylic acids is 1. The Kier molecular flexibility index (Phi) is 10.8. The normalized spacial score (nSPS) is 16.7. The average molecular weight is 417 g/mol. The molecule has 0 aliphatic heterocycles. The van der Waals surface area contributed by atoms with Crippen LogP contribution in [0.3, 0.4) is 0 Å². The summed E-state index contributed by atoms with van der Waals surface area (Å²) in [4.78, 5) is 48.8. The van der Waals surface area contributed by atoms with Gasteiger partial charge in [0.2, 0.25) is 17.7 Å². The number of carbonyl (C=O) groups excluding carboxylic acids is 3. The van der Waals surface area contributed by atoms with Gasteiger partial charge in [0.15, 0.2) is 6.04 Å². The summed E-state index contributed by atoms with van der Waals surface area (Å²) >= 11 is 0. The molecule has 3 amide bonds. The van der Waals surface area contributed by atoms with Crippen molar-refractivity contribution in [1.29, 1.82) is 0 Å². The first kappa shape index (κ1) is 26.8. The van der Waals surface area contributed by atoms with E-state index >= 15 is 0 Å². The molecule has 0 rings (SSSR count). The quantitative estimate of drug-likeness (QED) is 0.256. The van der Waals surface area contributed by atoms with Crippen LogP contribution in [-0.2, 0) is 19.2 Å². The number of nitrogens with two attached hydrogens (primary N) is 1. The number of carbonyl (C=O) groups is 4. The number of aliphatic hydroxyl groups excluding tert-OH is 1. The summed E-state index contributed by atoms with van der Waals surface area (Å²) in [5.74, 6) is -3.95. The van der Waals surface area contributed by atoms with Crippen molar-refractivity contribution in [3.8, 4) is 0 Å². The summed E-state index contributed by atoms with van der Waals surface area (Å²) in [7, 11) is 0. The predicted molar refractivity (Wildman–Crippen MR) is 108 cm³/mol. The lowest BCUT2D eigenvalue weighted by Crippen LogP contribution is -2.60. The summed E-state index contributed by atoms with van der Waals surface area (Å²) in [6.07, 6.45) is -1.32.